The van der Waals surface area contributed by atoms with Crippen molar-refractivity contribution in [2.75, 3.05) is 14.1 Å². The van der Waals surface area contributed by atoms with Crippen LogP contribution in [0.5, 0.6) is 0 Å². The van der Waals surface area contributed by atoms with Gasteiger partial charge >= 0.3 is 6.18 Å². The van der Waals surface area contributed by atoms with Gasteiger partial charge in [0.15, 0.2) is 0 Å². The van der Waals surface area contributed by atoms with Crippen molar-refractivity contribution in [1.29, 1.82) is 0 Å². The van der Waals surface area contributed by atoms with Crippen LogP contribution < -0.4 is 0 Å². The van der Waals surface area contributed by atoms with Gasteiger partial charge in [-0.1, -0.05) is 5.16 Å². The number of carbonyl (C=O) groups excluding carboxylic acids is 1. The Hall–Kier alpha value is -1.90. The van der Waals surface area contributed by atoms with Gasteiger partial charge in [-0.05, 0) is 12.8 Å². The van der Waals surface area contributed by atoms with Gasteiger partial charge in [0.25, 0.3) is 0 Å². The van der Waals surface area contributed by atoms with E-state index in [2.05, 4.69) is 10.1 Å². The molecule has 0 atom stereocenters. The number of amides is 1. The van der Waals surface area contributed by atoms with Crippen molar-refractivity contribution in [2.24, 2.45) is 0 Å². The van der Waals surface area contributed by atoms with E-state index < -0.39 is 17.2 Å². The van der Waals surface area contributed by atoms with Crippen LogP contribution in [0.1, 0.15) is 24.3 Å². The molecule has 0 N–H and O–H groups in total. The summed E-state index contributed by atoms with van der Waals surface area (Å²) in [6, 6.07) is 0. The van der Waals surface area contributed by atoms with Crippen molar-refractivity contribution >= 4 is 17.2 Å². The number of hydrogen-bond acceptors (Lipinski definition) is 5. The van der Waals surface area contributed by atoms with Gasteiger partial charge in [0.2, 0.25) is 17.6 Å². The second kappa shape index (κ2) is 4.80. The quantitative estimate of drug-likeness (QED) is 0.868. The number of thiophene rings is 1. The van der Waals surface area contributed by atoms with Crippen molar-refractivity contribution in [3.8, 4) is 11.4 Å². The van der Waals surface area contributed by atoms with Crippen molar-refractivity contribution in [3.05, 3.63) is 22.2 Å². The van der Waals surface area contributed by atoms with E-state index in [4.69, 9.17) is 4.52 Å². The van der Waals surface area contributed by atoms with Gasteiger partial charge in [0.05, 0.1) is 5.56 Å². The molecule has 3 rings (SSSR count). The maximum atomic E-state index is 12.9. The molecule has 2 heterocycles. The lowest BCUT2D eigenvalue weighted by Crippen LogP contribution is -2.33. The molecule has 5 nitrogen and oxygen atoms in total. The zero-order valence-electron chi connectivity index (χ0n) is 11.8. The number of rotatable bonds is 3. The van der Waals surface area contributed by atoms with Crippen molar-refractivity contribution in [2.45, 2.75) is 24.4 Å². The third kappa shape index (κ3) is 2.29. The highest BCUT2D eigenvalue weighted by Gasteiger charge is 2.57. The molecule has 1 aliphatic rings. The first-order chi connectivity index (χ1) is 10.3. The third-order valence-corrected chi connectivity index (χ3v) is 4.35. The molecule has 0 spiro atoms. The summed E-state index contributed by atoms with van der Waals surface area (Å²) in [5, 5.41) is 5.96. The highest BCUT2D eigenvalue weighted by molar-refractivity contribution is 7.08. The molecule has 1 amide bonds. The summed E-state index contributed by atoms with van der Waals surface area (Å²) in [6.45, 7) is 0. The monoisotopic (exact) mass is 331 g/mol. The van der Waals surface area contributed by atoms with E-state index in [1.54, 1.807) is 14.1 Å². The maximum absolute atomic E-state index is 12.9. The summed E-state index contributed by atoms with van der Waals surface area (Å²) in [7, 11) is 3.22. The zero-order chi connectivity index (χ0) is 16.1. The van der Waals surface area contributed by atoms with Crippen molar-refractivity contribution in [1.82, 2.24) is 15.0 Å². The second-order valence-corrected chi connectivity index (χ2v) is 6.15. The van der Waals surface area contributed by atoms with Crippen LogP contribution in [0.4, 0.5) is 13.2 Å². The number of carbonyl (C=O) groups is 1. The summed E-state index contributed by atoms with van der Waals surface area (Å²) >= 11 is 0.915. The Balaban J connectivity index is 1.96. The Kier molecular flexibility index (Phi) is 3.28. The van der Waals surface area contributed by atoms with Gasteiger partial charge in [-0.3, -0.25) is 4.79 Å². The molecule has 0 unspecified atom stereocenters. The number of likely N-dealkylation sites (N-methyl/N-ethyl adjacent to an activating group) is 1. The summed E-state index contributed by atoms with van der Waals surface area (Å²) in [6.07, 6.45) is -3.37. The van der Waals surface area contributed by atoms with Crippen LogP contribution in [0, 0.1) is 0 Å². The number of nitrogens with zero attached hydrogens (tertiary/aromatic N) is 3. The van der Waals surface area contributed by atoms with Gasteiger partial charge in [-0.15, -0.1) is 0 Å². The van der Waals surface area contributed by atoms with E-state index in [0.717, 1.165) is 16.7 Å². The van der Waals surface area contributed by atoms with Crippen LogP contribution in [-0.2, 0) is 16.4 Å². The molecule has 1 saturated carbocycles. The molecule has 9 heteroatoms. The van der Waals surface area contributed by atoms with E-state index in [0.29, 0.717) is 12.8 Å². The third-order valence-electron chi connectivity index (χ3n) is 3.61. The molecule has 0 saturated heterocycles. The topological polar surface area (TPSA) is 59.2 Å². The van der Waals surface area contributed by atoms with E-state index in [9.17, 15) is 18.0 Å². The summed E-state index contributed by atoms with van der Waals surface area (Å²) in [5.74, 6) is -0.231. The lowest BCUT2D eigenvalue weighted by Gasteiger charge is -2.15. The minimum Gasteiger partial charge on any atom is -0.348 e. The highest BCUT2D eigenvalue weighted by Crippen LogP contribution is 2.49. The van der Waals surface area contributed by atoms with Gasteiger partial charge in [-0.25, -0.2) is 0 Å². The first-order valence-electron chi connectivity index (χ1n) is 6.45. The Morgan fingerprint density at radius 2 is 2.05 bits per heavy atom. The molecular formula is C13H12F3N3O2S. The number of hydrogen-bond donors (Lipinski definition) is 0. The molecule has 0 aromatic carbocycles. The zero-order valence-corrected chi connectivity index (χ0v) is 12.6. The maximum Gasteiger partial charge on any atom is 0.417 e. The van der Waals surface area contributed by atoms with Crippen LogP contribution in [0.15, 0.2) is 15.3 Å². The average molecular weight is 331 g/mol. The first-order valence-corrected chi connectivity index (χ1v) is 7.40. The fourth-order valence-electron chi connectivity index (χ4n) is 2.29. The van der Waals surface area contributed by atoms with Crippen LogP contribution in [0.2, 0.25) is 0 Å². The van der Waals surface area contributed by atoms with Gasteiger partial charge in [-0.2, -0.15) is 29.5 Å². The van der Waals surface area contributed by atoms with E-state index in [1.165, 1.54) is 10.3 Å². The van der Waals surface area contributed by atoms with Crippen LogP contribution in [0.3, 0.4) is 0 Å². The predicted molar refractivity (Wildman–Crippen MR) is 72.2 cm³/mol. The molecule has 2 aromatic rings. The van der Waals surface area contributed by atoms with Gasteiger partial charge in [0.1, 0.15) is 5.41 Å². The summed E-state index contributed by atoms with van der Waals surface area (Å²) in [5.41, 5.74) is -1.79. The van der Waals surface area contributed by atoms with Crippen LogP contribution in [0.25, 0.3) is 11.4 Å². The number of halogens is 3. The summed E-state index contributed by atoms with van der Waals surface area (Å²) < 4.78 is 43.8. The largest absolute Gasteiger partial charge is 0.417 e. The Morgan fingerprint density at radius 3 is 2.59 bits per heavy atom. The SMILES string of the molecule is CN(C)C(=O)C1(c2nc(-c3cscc3C(F)(F)F)no2)CC1. The van der Waals surface area contributed by atoms with Crippen molar-refractivity contribution in [3.63, 3.8) is 0 Å². The standard InChI is InChI=1S/C13H12F3N3O2S/c1-19(2)11(20)12(3-4-12)10-17-9(18-21-10)7-5-22-6-8(7)13(14,15)16/h5-6H,3-4H2,1-2H3. The molecule has 118 valence electrons. The molecule has 0 bridgehead atoms. The highest BCUT2D eigenvalue weighted by atomic mass is 32.1. The lowest BCUT2D eigenvalue weighted by molar-refractivity contribution is -0.136. The molecule has 2 aromatic heterocycles. The Morgan fingerprint density at radius 1 is 1.36 bits per heavy atom. The van der Waals surface area contributed by atoms with E-state index >= 15 is 0 Å². The summed E-state index contributed by atoms with van der Waals surface area (Å²) in [4.78, 5) is 17.6. The molecule has 0 radical (unpaired) electrons. The van der Waals surface area contributed by atoms with Gasteiger partial charge in [0, 0.05) is 30.4 Å². The normalized spacial score (nSPS) is 16.6. The number of alkyl halides is 3. The second-order valence-electron chi connectivity index (χ2n) is 5.40. The average Bonchev–Trinajstić information content (AvgIpc) is 2.90. The number of aromatic nitrogens is 2. The predicted octanol–water partition coefficient (Wildman–Crippen LogP) is 2.94. The lowest BCUT2D eigenvalue weighted by atomic mass is 10.1. The molecule has 1 aliphatic carbocycles. The smallest absolute Gasteiger partial charge is 0.348 e. The van der Waals surface area contributed by atoms with E-state index in [1.807, 2.05) is 0 Å². The fraction of sp³-hybridized carbons (Fsp3) is 0.462. The molecule has 22 heavy (non-hydrogen) atoms. The van der Waals surface area contributed by atoms with Crippen molar-refractivity contribution < 1.29 is 22.5 Å². The van der Waals surface area contributed by atoms with E-state index in [-0.39, 0.29) is 23.2 Å². The molecular weight excluding hydrogens is 319 g/mol. The molecule has 1 fully saturated rings. The fourth-order valence-corrected chi connectivity index (χ4v) is 3.12. The Labute approximate surface area is 127 Å². The minimum atomic E-state index is -4.48. The van der Waals surface area contributed by atoms with Gasteiger partial charge < -0.3 is 9.42 Å². The first kappa shape index (κ1) is 15.0. The van der Waals surface area contributed by atoms with Crippen LogP contribution >= 0.6 is 11.3 Å². The minimum absolute atomic E-state index is 0.0838. The Bertz CT molecular complexity index is 716. The molecule has 0 aliphatic heterocycles. The van der Waals surface area contributed by atoms with Crippen LogP contribution in [-0.4, -0.2) is 35.0 Å².